The van der Waals surface area contributed by atoms with Crippen molar-refractivity contribution >= 4 is 0 Å². The molecule has 1 unspecified atom stereocenters. The Labute approximate surface area is 90.1 Å². The smallest absolute Gasteiger partial charge is 0.0986 e. The molecule has 0 bridgehead atoms. The third kappa shape index (κ3) is 2.97. The highest BCUT2D eigenvalue weighted by Gasteiger charge is 2.17. The Balaban J connectivity index is 1.88. The number of piperidine rings is 1. The van der Waals surface area contributed by atoms with Crippen molar-refractivity contribution in [3.05, 3.63) is 24.3 Å². The monoisotopic (exact) mass is 207 g/mol. The number of nitrogens with one attached hydrogen (secondary N) is 1. The van der Waals surface area contributed by atoms with E-state index in [0.29, 0.717) is 6.10 Å². The van der Waals surface area contributed by atoms with Gasteiger partial charge < -0.3 is 10.1 Å². The molecule has 82 valence electrons. The Morgan fingerprint density at radius 3 is 3.13 bits per heavy atom. The number of rotatable bonds is 3. The van der Waals surface area contributed by atoms with Gasteiger partial charge >= 0.3 is 0 Å². The van der Waals surface area contributed by atoms with E-state index in [1.54, 1.807) is 18.6 Å². The molecule has 2 atom stereocenters. The molecule has 1 aliphatic rings. The van der Waals surface area contributed by atoms with Crippen LogP contribution in [0.1, 0.15) is 31.6 Å². The number of hydrogen-bond acceptors (Lipinski definition) is 4. The van der Waals surface area contributed by atoms with E-state index in [2.05, 4.69) is 15.3 Å². The zero-order valence-corrected chi connectivity index (χ0v) is 9.02. The first kappa shape index (κ1) is 10.5. The molecule has 1 N–H and O–H groups in total. The van der Waals surface area contributed by atoms with Crippen LogP contribution in [0.25, 0.3) is 0 Å². The number of hydrogen-bond donors (Lipinski definition) is 1. The van der Waals surface area contributed by atoms with Gasteiger partial charge in [0.1, 0.15) is 0 Å². The third-order valence-electron chi connectivity index (χ3n) is 2.65. The van der Waals surface area contributed by atoms with Crippen LogP contribution in [-0.4, -0.2) is 29.2 Å². The summed E-state index contributed by atoms with van der Waals surface area (Å²) in [5.74, 6) is 0. The first-order valence-corrected chi connectivity index (χ1v) is 5.48. The van der Waals surface area contributed by atoms with Crippen LogP contribution in [0, 0.1) is 0 Å². The van der Waals surface area contributed by atoms with Crippen LogP contribution in [0.15, 0.2) is 18.6 Å². The minimum atomic E-state index is 0.0311. The molecule has 0 radical (unpaired) electrons. The summed E-state index contributed by atoms with van der Waals surface area (Å²) < 4.78 is 5.91. The fourth-order valence-corrected chi connectivity index (χ4v) is 1.81. The van der Waals surface area contributed by atoms with E-state index >= 15 is 0 Å². The Morgan fingerprint density at radius 2 is 2.47 bits per heavy atom. The van der Waals surface area contributed by atoms with E-state index in [1.807, 2.05) is 6.92 Å². The van der Waals surface area contributed by atoms with Gasteiger partial charge in [-0.05, 0) is 26.3 Å². The highest BCUT2D eigenvalue weighted by molar-refractivity contribution is 4.98. The summed E-state index contributed by atoms with van der Waals surface area (Å²) in [4.78, 5) is 8.28. The zero-order valence-electron chi connectivity index (χ0n) is 9.02. The van der Waals surface area contributed by atoms with Gasteiger partial charge in [-0.3, -0.25) is 9.97 Å². The van der Waals surface area contributed by atoms with E-state index in [1.165, 1.54) is 6.42 Å². The summed E-state index contributed by atoms with van der Waals surface area (Å²) in [6, 6.07) is 0. The maximum absolute atomic E-state index is 5.91. The summed E-state index contributed by atoms with van der Waals surface area (Å²) in [6.07, 6.45) is 7.82. The molecule has 1 aromatic rings. The largest absolute Gasteiger partial charge is 0.368 e. The molecule has 4 nitrogen and oxygen atoms in total. The zero-order chi connectivity index (χ0) is 10.5. The van der Waals surface area contributed by atoms with Crippen LogP contribution in [0.5, 0.6) is 0 Å². The van der Waals surface area contributed by atoms with Crippen molar-refractivity contribution in [3.63, 3.8) is 0 Å². The van der Waals surface area contributed by atoms with Crippen LogP contribution in [0.3, 0.4) is 0 Å². The van der Waals surface area contributed by atoms with Crippen molar-refractivity contribution in [2.75, 3.05) is 13.1 Å². The second-order valence-electron chi connectivity index (χ2n) is 3.88. The molecule has 0 spiro atoms. The van der Waals surface area contributed by atoms with Crippen molar-refractivity contribution in [2.24, 2.45) is 0 Å². The van der Waals surface area contributed by atoms with E-state index in [4.69, 9.17) is 4.74 Å². The summed E-state index contributed by atoms with van der Waals surface area (Å²) in [6.45, 7) is 4.09. The number of ether oxygens (including phenoxy) is 1. The Bertz CT molecular complexity index is 285. The second-order valence-corrected chi connectivity index (χ2v) is 3.88. The molecule has 15 heavy (non-hydrogen) atoms. The van der Waals surface area contributed by atoms with Crippen LogP contribution in [0.4, 0.5) is 0 Å². The molecule has 2 heterocycles. The second kappa shape index (κ2) is 5.19. The maximum atomic E-state index is 5.91. The Morgan fingerprint density at radius 1 is 1.53 bits per heavy atom. The predicted octanol–water partition coefficient (Wildman–Crippen LogP) is 1.31. The highest BCUT2D eigenvalue weighted by Crippen LogP contribution is 2.18. The van der Waals surface area contributed by atoms with Crippen molar-refractivity contribution in [2.45, 2.75) is 32.0 Å². The molecule has 0 aromatic carbocycles. The van der Waals surface area contributed by atoms with E-state index in [9.17, 15) is 0 Å². The van der Waals surface area contributed by atoms with E-state index in [0.717, 1.165) is 25.2 Å². The summed E-state index contributed by atoms with van der Waals surface area (Å²) in [7, 11) is 0. The van der Waals surface area contributed by atoms with Crippen LogP contribution >= 0.6 is 0 Å². The lowest BCUT2D eigenvalue weighted by Gasteiger charge is -2.26. The molecular formula is C11H17N3O. The predicted molar refractivity (Wildman–Crippen MR) is 57.4 cm³/mol. The van der Waals surface area contributed by atoms with Gasteiger partial charge in [-0.25, -0.2) is 0 Å². The molecule has 1 aliphatic heterocycles. The summed E-state index contributed by atoms with van der Waals surface area (Å²) in [5.41, 5.74) is 0.906. The number of aromatic nitrogens is 2. The minimum absolute atomic E-state index is 0.0311. The van der Waals surface area contributed by atoms with Gasteiger partial charge in [0.25, 0.3) is 0 Å². The standard InChI is InChI=1S/C11H17N3O/c1-9(11-8-13-5-6-14-11)15-10-3-2-4-12-7-10/h5-6,8-10,12H,2-4,7H2,1H3/t9?,10-/m0/s1. The van der Waals surface area contributed by atoms with Gasteiger partial charge in [-0.1, -0.05) is 0 Å². The number of nitrogens with zero attached hydrogens (tertiary/aromatic N) is 2. The molecule has 1 aromatic heterocycles. The molecule has 1 fully saturated rings. The first-order valence-electron chi connectivity index (χ1n) is 5.48. The lowest BCUT2D eigenvalue weighted by Crippen LogP contribution is -2.35. The molecular weight excluding hydrogens is 190 g/mol. The molecule has 2 rings (SSSR count). The van der Waals surface area contributed by atoms with E-state index < -0.39 is 0 Å². The van der Waals surface area contributed by atoms with Gasteiger partial charge in [0.15, 0.2) is 0 Å². The molecule has 4 heteroatoms. The Hall–Kier alpha value is -1.00. The van der Waals surface area contributed by atoms with Crippen LogP contribution < -0.4 is 5.32 Å². The van der Waals surface area contributed by atoms with Crippen molar-refractivity contribution < 1.29 is 4.74 Å². The van der Waals surface area contributed by atoms with Gasteiger partial charge in [0.05, 0.1) is 24.1 Å². The van der Waals surface area contributed by atoms with Crippen molar-refractivity contribution in [1.82, 2.24) is 15.3 Å². The quantitative estimate of drug-likeness (QED) is 0.811. The van der Waals surface area contributed by atoms with Crippen LogP contribution in [0.2, 0.25) is 0 Å². The molecule has 1 saturated heterocycles. The van der Waals surface area contributed by atoms with Crippen molar-refractivity contribution in [1.29, 1.82) is 0 Å². The summed E-state index contributed by atoms with van der Waals surface area (Å²) in [5, 5.41) is 3.33. The normalized spacial score (nSPS) is 23.7. The maximum Gasteiger partial charge on any atom is 0.0986 e. The fourth-order valence-electron chi connectivity index (χ4n) is 1.81. The van der Waals surface area contributed by atoms with Gasteiger partial charge in [-0.2, -0.15) is 0 Å². The lowest BCUT2D eigenvalue weighted by atomic mass is 10.1. The molecule has 0 aliphatic carbocycles. The summed E-state index contributed by atoms with van der Waals surface area (Å²) >= 11 is 0. The fraction of sp³-hybridized carbons (Fsp3) is 0.636. The average molecular weight is 207 g/mol. The molecule has 0 amide bonds. The molecule has 0 saturated carbocycles. The van der Waals surface area contributed by atoms with Crippen LogP contribution in [-0.2, 0) is 4.74 Å². The SMILES string of the molecule is CC(O[C@H]1CCCNC1)c1cnccn1. The first-order chi connectivity index (χ1) is 7.36. The highest BCUT2D eigenvalue weighted by atomic mass is 16.5. The van der Waals surface area contributed by atoms with Gasteiger partial charge in [0.2, 0.25) is 0 Å². The van der Waals surface area contributed by atoms with Gasteiger partial charge in [-0.15, -0.1) is 0 Å². The van der Waals surface area contributed by atoms with E-state index in [-0.39, 0.29) is 6.10 Å². The average Bonchev–Trinajstić information content (AvgIpc) is 2.31. The topological polar surface area (TPSA) is 47.0 Å². The third-order valence-corrected chi connectivity index (χ3v) is 2.65. The lowest BCUT2D eigenvalue weighted by molar-refractivity contribution is -0.0171. The minimum Gasteiger partial charge on any atom is -0.368 e. The van der Waals surface area contributed by atoms with Crippen molar-refractivity contribution in [3.8, 4) is 0 Å². The van der Waals surface area contributed by atoms with Gasteiger partial charge in [0, 0.05) is 18.9 Å². The Kier molecular flexibility index (Phi) is 3.64.